The number of likely N-dealkylation sites (tertiary alicyclic amines) is 1. The van der Waals surface area contributed by atoms with Crippen molar-refractivity contribution in [2.75, 3.05) is 13.1 Å². The number of hydrogen-bond acceptors (Lipinski definition) is 4. The van der Waals surface area contributed by atoms with Gasteiger partial charge >= 0.3 is 0 Å². The van der Waals surface area contributed by atoms with E-state index < -0.39 is 12.2 Å². The minimum Gasteiger partial charge on any atom is -0.388 e. The lowest BCUT2D eigenvalue weighted by Crippen LogP contribution is -2.30. The van der Waals surface area contributed by atoms with Gasteiger partial charge in [-0.05, 0) is 18.2 Å². The molecule has 0 aliphatic carbocycles. The molecule has 0 spiro atoms. The van der Waals surface area contributed by atoms with E-state index in [1.165, 1.54) is 4.90 Å². The molecule has 1 saturated heterocycles. The van der Waals surface area contributed by atoms with E-state index in [9.17, 15) is 15.0 Å². The van der Waals surface area contributed by atoms with Crippen molar-refractivity contribution in [2.45, 2.75) is 12.2 Å². The molecule has 1 amide bonds. The Balaban J connectivity index is 1.79. The van der Waals surface area contributed by atoms with E-state index in [2.05, 4.69) is 5.10 Å². The first kappa shape index (κ1) is 12.8. The first-order valence-electron chi connectivity index (χ1n) is 6.41. The molecular formula is C14H15N3O3. The maximum atomic E-state index is 12.2. The Morgan fingerprint density at radius 3 is 2.40 bits per heavy atom. The summed E-state index contributed by atoms with van der Waals surface area (Å²) in [7, 11) is 0. The number of rotatable bonds is 2. The van der Waals surface area contributed by atoms with E-state index in [1.54, 1.807) is 16.9 Å². The monoisotopic (exact) mass is 273 g/mol. The number of aromatic nitrogens is 2. The minimum atomic E-state index is -0.879. The molecule has 2 aromatic rings. The molecule has 1 aromatic heterocycles. The van der Waals surface area contributed by atoms with Gasteiger partial charge in [0.25, 0.3) is 5.91 Å². The Bertz CT molecular complexity index is 601. The standard InChI is InChI=1S/C14H15N3O3/c18-12-8-16(9-13(12)19)14(20)11-6-7-17(15-11)10-4-2-1-3-5-10/h1-7,12-13,18-19H,8-9H2/t12-,13+. The maximum Gasteiger partial charge on any atom is 0.274 e. The van der Waals surface area contributed by atoms with Crippen LogP contribution in [0.5, 0.6) is 0 Å². The summed E-state index contributed by atoms with van der Waals surface area (Å²) in [5, 5.41) is 23.2. The quantitative estimate of drug-likeness (QED) is 0.810. The molecule has 0 bridgehead atoms. The average Bonchev–Trinajstić information content (AvgIpc) is 3.07. The lowest BCUT2D eigenvalue weighted by Gasteiger charge is -2.13. The van der Waals surface area contributed by atoms with Gasteiger partial charge in [0, 0.05) is 19.3 Å². The summed E-state index contributed by atoms with van der Waals surface area (Å²) >= 11 is 0. The van der Waals surface area contributed by atoms with Crippen LogP contribution in [-0.2, 0) is 0 Å². The summed E-state index contributed by atoms with van der Waals surface area (Å²) < 4.78 is 1.62. The van der Waals surface area contributed by atoms with Crippen LogP contribution in [-0.4, -0.2) is 56.1 Å². The molecule has 1 aliphatic rings. The van der Waals surface area contributed by atoms with Crippen LogP contribution in [0.3, 0.4) is 0 Å². The van der Waals surface area contributed by atoms with Crippen LogP contribution in [0.4, 0.5) is 0 Å². The SMILES string of the molecule is O=C(c1ccn(-c2ccccc2)n1)N1C[C@@H](O)[C@@H](O)C1. The second kappa shape index (κ2) is 5.07. The number of benzene rings is 1. The molecule has 20 heavy (non-hydrogen) atoms. The Morgan fingerprint density at radius 2 is 1.75 bits per heavy atom. The predicted molar refractivity (Wildman–Crippen MR) is 71.5 cm³/mol. The van der Waals surface area contributed by atoms with Crippen molar-refractivity contribution in [3.8, 4) is 5.69 Å². The van der Waals surface area contributed by atoms with E-state index in [0.29, 0.717) is 5.69 Å². The number of β-amino-alcohol motifs (C(OH)–C–C–N with tert-alkyl or cyclic N) is 2. The molecule has 1 aliphatic heterocycles. The molecule has 0 saturated carbocycles. The molecule has 2 atom stereocenters. The number of carbonyl (C=O) groups excluding carboxylic acids is 1. The number of hydrogen-bond donors (Lipinski definition) is 2. The third kappa shape index (κ3) is 2.31. The molecule has 6 nitrogen and oxygen atoms in total. The Hall–Kier alpha value is -2.18. The highest BCUT2D eigenvalue weighted by atomic mass is 16.3. The molecular weight excluding hydrogens is 258 g/mol. The maximum absolute atomic E-state index is 12.2. The van der Waals surface area contributed by atoms with Gasteiger partial charge in [0.05, 0.1) is 17.9 Å². The van der Waals surface area contributed by atoms with Gasteiger partial charge in [0.1, 0.15) is 0 Å². The van der Waals surface area contributed by atoms with Gasteiger partial charge in [-0.3, -0.25) is 4.79 Å². The third-order valence-electron chi connectivity index (χ3n) is 3.38. The summed E-state index contributed by atoms with van der Waals surface area (Å²) in [4.78, 5) is 13.6. The van der Waals surface area contributed by atoms with Crippen LogP contribution >= 0.6 is 0 Å². The summed E-state index contributed by atoms with van der Waals surface area (Å²) in [5.74, 6) is -0.282. The number of aliphatic hydroxyl groups is 2. The molecule has 6 heteroatoms. The van der Waals surface area contributed by atoms with Gasteiger partial charge in [-0.25, -0.2) is 4.68 Å². The first-order chi connectivity index (χ1) is 9.65. The molecule has 0 unspecified atom stereocenters. The van der Waals surface area contributed by atoms with E-state index in [-0.39, 0.29) is 19.0 Å². The third-order valence-corrected chi connectivity index (χ3v) is 3.38. The fourth-order valence-corrected chi connectivity index (χ4v) is 2.26. The zero-order valence-electron chi connectivity index (χ0n) is 10.8. The number of amides is 1. The topological polar surface area (TPSA) is 78.6 Å². The van der Waals surface area contributed by atoms with E-state index >= 15 is 0 Å². The van der Waals surface area contributed by atoms with Crippen molar-refractivity contribution in [3.05, 3.63) is 48.3 Å². The smallest absolute Gasteiger partial charge is 0.274 e. The largest absolute Gasteiger partial charge is 0.388 e. The van der Waals surface area contributed by atoms with E-state index in [4.69, 9.17) is 0 Å². The van der Waals surface area contributed by atoms with Gasteiger partial charge in [-0.1, -0.05) is 18.2 Å². The highest BCUT2D eigenvalue weighted by Crippen LogP contribution is 2.14. The molecule has 1 aromatic carbocycles. The van der Waals surface area contributed by atoms with Gasteiger partial charge in [-0.15, -0.1) is 0 Å². The van der Waals surface area contributed by atoms with Gasteiger partial charge in [-0.2, -0.15) is 5.10 Å². The molecule has 0 radical (unpaired) electrons. The second-order valence-electron chi connectivity index (χ2n) is 4.83. The van der Waals surface area contributed by atoms with E-state index in [0.717, 1.165) is 5.69 Å². The Morgan fingerprint density at radius 1 is 1.10 bits per heavy atom. The summed E-state index contributed by atoms with van der Waals surface area (Å²) in [6, 6.07) is 11.1. The van der Waals surface area contributed by atoms with Crippen LogP contribution in [0, 0.1) is 0 Å². The average molecular weight is 273 g/mol. The van der Waals surface area contributed by atoms with Gasteiger partial charge in [0.2, 0.25) is 0 Å². The summed E-state index contributed by atoms with van der Waals surface area (Å²) in [6.45, 7) is 0.274. The first-order valence-corrected chi connectivity index (χ1v) is 6.41. The Labute approximate surface area is 115 Å². The van der Waals surface area contributed by atoms with Crippen molar-refractivity contribution in [3.63, 3.8) is 0 Å². The molecule has 3 rings (SSSR count). The van der Waals surface area contributed by atoms with Crippen molar-refractivity contribution in [1.82, 2.24) is 14.7 Å². The Kier molecular flexibility index (Phi) is 3.25. The van der Waals surface area contributed by atoms with Crippen LogP contribution < -0.4 is 0 Å². The zero-order valence-corrected chi connectivity index (χ0v) is 10.8. The normalized spacial score (nSPS) is 22.2. The summed E-state index contributed by atoms with van der Waals surface area (Å²) in [6.07, 6.45) is -0.0452. The molecule has 2 N–H and O–H groups in total. The zero-order chi connectivity index (χ0) is 14.1. The van der Waals surface area contributed by atoms with Crippen LogP contribution in [0.15, 0.2) is 42.6 Å². The summed E-state index contributed by atoms with van der Waals surface area (Å²) in [5.41, 5.74) is 1.17. The minimum absolute atomic E-state index is 0.137. The molecule has 2 heterocycles. The van der Waals surface area contributed by atoms with Gasteiger partial charge < -0.3 is 15.1 Å². The highest BCUT2D eigenvalue weighted by Gasteiger charge is 2.33. The molecule has 1 fully saturated rings. The number of aliphatic hydroxyl groups excluding tert-OH is 2. The fraction of sp³-hybridized carbons (Fsp3) is 0.286. The van der Waals surface area contributed by atoms with Crippen molar-refractivity contribution in [1.29, 1.82) is 0 Å². The van der Waals surface area contributed by atoms with Gasteiger partial charge in [0.15, 0.2) is 5.69 Å². The van der Waals surface area contributed by atoms with Crippen molar-refractivity contribution >= 4 is 5.91 Å². The van der Waals surface area contributed by atoms with Crippen LogP contribution in [0.1, 0.15) is 10.5 Å². The number of carbonyl (C=O) groups is 1. The lowest BCUT2D eigenvalue weighted by molar-refractivity contribution is 0.0572. The van der Waals surface area contributed by atoms with Crippen molar-refractivity contribution < 1.29 is 15.0 Å². The van der Waals surface area contributed by atoms with Crippen LogP contribution in [0.25, 0.3) is 5.69 Å². The fourth-order valence-electron chi connectivity index (χ4n) is 2.26. The van der Waals surface area contributed by atoms with E-state index in [1.807, 2.05) is 30.3 Å². The number of para-hydroxylation sites is 1. The predicted octanol–water partition coefficient (Wildman–Crippen LogP) is 0.0499. The molecule has 104 valence electrons. The lowest BCUT2D eigenvalue weighted by atomic mass is 10.3. The van der Waals surface area contributed by atoms with Crippen molar-refractivity contribution in [2.24, 2.45) is 0 Å². The highest BCUT2D eigenvalue weighted by molar-refractivity contribution is 5.92. The number of nitrogens with zero attached hydrogens (tertiary/aromatic N) is 3. The van der Waals surface area contributed by atoms with Crippen LogP contribution in [0.2, 0.25) is 0 Å². The second-order valence-corrected chi connectivity index (χ2v) is 4.83.